The molecule has 0 saturated carbocycles. The first-order chi connectivity index (χ1) is 7.74. The molecule has 4 nitrogen and oxygen atoms in total. The molecule has 92 valence electrons. The van der Waals surface area contributed by atoms with Crippen LogP contribution in [0, 0.1) is 0 Å². The van der Waals surface area contributed by atoms with E-state index in [4.69, 9.17) is 0 Å². The molecule has 16 heavy (non-hydrogen) atoms. The topological polar surface area (TPSA) is 33.1 Å². The first kappa shape index (κ1) is 13.2. The molecule has 0 amide bonds. The van der Waals surface area contributed by atoms with Gasteiger partial charge >= 0.3 is 0 Å². The third-order valence-electron chi connectivity index (χ3n) is 2.62. The van der Waals surface area contributed by atoms with E-state index in [0.29, 0.717) is 0 Å². The molecule has 4 heteroatoms. The first-order valence-electron chi connectivity index (χ1n) is 6.10. The van der Waals surface area contributed by atoms with Crippen LogP contribution in [0.15, 0.2) is 12.3 Å². The van der Waals surface area contributed by atoms with Crippen molar-refractivity contribution in [3.8, 4) is 0 Å². The lowest BCUT2D eigenvalue weighted by Crippen LogP contribution is -2.19. The molecule has 1 rings (SSSR count). The van der Waals surface area contributed by atoms with Crippen LogP contribution in [-0.2, 0) is 13.1 Å². The molecule has 0 unspecified atom stereocenters. The van der Waals surface area contributed by atoms with E-state index in [1.54, 1.807) is 0 Å². The summed E-state index contributed by atoms with van der Waals surface area (Å²) in [5.74, 6) is 0. The summed E-state index contributed by atoms with van der Waals surface area (Å²) in [6.45, 7) is 6.26. The summed E-state index contributed by atoms with van der Waals surface area (Å²) in [6, 6.07) is 2.08. The van der Waals surface area contributed by atoms with Crippen molar-refractivity contribution in [3.63, 3.8) is 0 Å². The Hall–Kier alpha value is -0.870. The Bertz CT molecular complexity index is 280. The second kappa shape index (κ2) is 7.41. The summed E-state index contributed by atoms with van der Waals surface area (Å²) in [7, 11) is 4.24. The van der Waals surface area contributed by atoms with Gasteiger partial charge in [0.05, 0.1) is 5.69 Å². The molecule has 0 spiro atoms. The number of unbranched alkanes of at least 4 members (excludes halogenated alkanes) is 1. The highest BCUT2D eigenvalue weighted by Crippen LogP contribution is 1.98. The molecule has 0 aliphatic rings. The quantitative estimate of drug-likeness (QED) is 0.676. The van der Waals surface area contributed by atoms with E-state index in [1.807, 2.05) is 10.9 Å². The lowest BCUT2D eigenvalue weighted by molar-refractivity contribution is 0.391. The number of aromatic nitrogens is 2. The molecule has 0 radical (unpaired) electrons. The lowest BCUT2D eigenvalue weighted by atomic mass is 10.3. The lowest BCUT2D eigenvalue weighted by Gasteiger charge is -2.09. The summed E-state index contributed by atoms with van der Waals surface area (Å²) in [5.41, 5.74) is 1.27. The Morgan fingerprint density at radius 1 is 1.38 bits per heavy atom. The van der Waals surface area contributed by atoms with Crippen molar-refractivity contribution < 1.29 is 0 Å². The summed E-state index contributed by atoms with van der Waals surface area (Å²) in [5, 5.41) is 7.70. The third kappa shape index (κ3) is 4.77. The van der Waals surface area contributed by atoms with E-state index in [1.165, 1.54) is 25.1 Å². The number of hydrogen-bond acceptors (Lipinski definition) is 3. The molecule has 1 aromatic heterocycles. The van der Waals surface area contributed by atoms with Crippen LogP contribution >= 0.6 is 0 Å². The third-order valence-corrected chi connectivity index (χ3v) is 2.62. The normalized spacial score (nSPS) is 11.2. The van der Waals surface area contributed by atoms with Gasteiger partial charge in [-0.05, 0) is 53.0 Å². The number of nitrogens with zero attached hydrogens (tertiary/aromatic N) is 3. The van der Waals surface area contributed by atoms with Crippen LogP contribution in [0.3, 0.4) is 0 Å². The molecule has 0 saturated heterocycles. The molecule has 1 N–H and O–H groups in total. The molecule has 0 aromatic carbocycles. The van der Waals surface area contributed by atoms with Crippen LogP contribution in [0.1, 0.15) is 25.5 Å². The molecular formula is C12H24N4. The van der Waals surface area contributed by atoms with E-state index in [0.717, 1.165) is 19.6 Å². The van der Waals surface area contributed by atoms with Gasteiger partial charge in [0.15, 0.2) is 0 Å². The van der Waals surface area contributed by atoms with Crippen molar-refractivity contribution >= 4 is 0 Å². The maximum absolute atomic E-state index is 4.24. The summed E-state index contributed by atoms with van der Waals surface area (Å²) in [4.78, 5) is 2.23. The zero-order chi connectivity index (χ0) is 11.8. The van der Waals surface area contributed by atoms with Crippen LogP contribution in [0.2, 0.25) is 0 Å². The Morgan fingerprint density at radius 3 is 2.88 bits per heavy atom. The largest absolute Gasteiger partial charge is 0.311 e. The van der Waals surface area contributed by atoms with Gasteiger partial charge < -0.3 is 10.2 Å². The SMILES string of the molecule is CCn1nccc1CNCCCCN(C)C. The van der Waals surface area contributed by atoms with Crippen LogP contribution in [0.4, 0.5) is 0 Å². The summed E-state index contributed by atoms with van der Waals surface area (Å²) < 4.78 is 2.03. The van der Waals surface area contributed by atoms with Crippen LogP contribution in [0.25, 0.3) is 0 Å². The predicted molar refractivity (Wildman–Crippen MR) is 67.4 cm³/mol. The van der Waals surface area contributed by atoms with E-state index in [9.17, 15) is 0 Å². The highest BCUT2D eigenvalue weighted by molar-refractivity contribution is 4.99. The molecule has 0 bridgehead atoms. The van der Waals surface area contributed by atoms with E-state index in [2.05, 4.69) is 42.4 Å². The van der Waals surface area contributed by atoms with Crippen molar-refractivity contribution in [2.24, 2.45) is 0 Å². The molecular weight excluding hydrogens is 200 g/mol. The highest BCUT2D eigenvalue weighted by atomic mass is 15.3. The first-order valence-corrected chi connectivity index (χ1v) is 6.10. The predicted octanol–water partition coefficient (Wildman–Crippen LogP) is 1.33. The Balaban J connectivity index is 2.07. The second-order valence-corrected chi connectivity index (χ2v) is 4.33. The van der Waals surface area contributed by atoms with Crippen LogP contribution in [0.5, 0.6) is 0 Å². The minimum atomic E-state index is 0.926. The monoisotopic (exact) mass is 224 g/mol. The van der Waals surface area contributed by atoms with Gasteiger partial charge in [-0.25, -0.2) is 0 Å². The van der Waals surface area contributed by atoms with Gasteiger partial charge in [0.25, 0.3) is 0 Å². The maximum Gasteiger partial charge on any atom is 0.0521 e. The zero-order valence-corrected chi connectivity index (χ0v) is 10.7. The Kier molecular flexibility index (Phi) is 6.11. The molecule has 0 atom stereocenters. The summed E-state index contributed by atoms with van der Waals surface area (Å²) in [6.07, 6.45) is 4.36. The minimum Gasteiger partial charge on any atom is -0.311 e. The second-order valence-electron chi connectivity index (χ2n) is 4.33. The van der Waals surface area contributed by atoms with Crippen molar-refractivity contribution in [1.82, 2.24) is 20.0 Å². The average molecular weight is 224 g/mol. The highest BCUT2D eigenvalue weighted by Gasteiger charge is 1.99. The van der Waals surface area contributed by atoms with Crippen molar-refractivity contribution in [3.05, 3.63) is 18.0 Å². The molecule has 0 aliphatic heterocycles. The van der Waals surface area contributed by atoms with Crippen LogP contribution in [-0.4, -0.2) is 41.9 Å². The van der Waals surface area contributed by atoms with Gasteiger partial charge in [-0.1, -0.05) is 0 Å². The van der Waals surface area contributed by atoms with Gasteiger partial charge in [0.2, 0.25) is 0 Å². The number of rotatable bonds is 8. The van der Waals surface area contributed by atoms with E-state index in [-0.39, 0.29) is 0 Å². The van der Waals surface area contributed by atoms with Crippen molar-refractivity contribution in [2.45, 2.75) is 32.9 Å². The van der Waals surface area contributed by atoms with Crippen molar-refractivity contribution in [1.29, 1.82) is 0 Å². The average Bonchev–Trinajstić information content (AvgIpc) is 2.70. The summed E-state index contributed by atoms with van der Waals surface area (Å²) >= 11 is 0. The molecule has 1 aromatic rings. The number of hydrogen-bond donors (Lipinski definition) is 1. The number of aryl methyl sites for hydroxylation is 1. The van der Waals surface area contributed by atoms with Crippen molar-refractivity contribution in [2.75, 3.05) is 27.2 Å². The molecule has 1 heterocycles. The molecule has 0 aliphatic carbocycles. The van der Waals surface area contributed by atoms with E-state index >= 15 is 0 Å². The van der Waals surface area contributed by atoms with Gasteiger partial charge in [-0.15, -0.1) is 0 Å². The Morgan fingerprint density at radius 2 is 2.19 bits per heavy atom. The maximum atomic E-state index is 4.24. The Labute approximate surface area is 98.6 Å². The standard InChI is InChI=1S/C12H24N4/c1-4-16-12(7-9-14-16)11-13-8-5-6-10-15(2)3/h7,9,13H,4-6,8,10-11H2,1-3H3. The smallest absolute Gasteiger partial charge is 0.0521 e. The van der Waals surface area contributed by atoms with Gasteiger partial charge in [-0.3, -0.25) is 4.68 Å². The number of nitrogens with one attached hydrogen (secondary N) is 1. The van der Waals surface area contributed by atoms with E-state index < -0.39 is 0 Å². The zero-order valence-electron chi connectivity index (χ0n) is 10.7. The fraction of sp³-hybridized carbons (Fsp3) is 0.750. The van der Waals surface area contributed by atoms with Gasteiger partial charge in [0.1, 0.15) is 0 Å². The fourth-order valence-corrected chi connectivity index (χ4v) is 1.69. The van der Waals surface area contributed by atoms with Gasteiger partial charge in [0, 0.05) is 19.3 Å². The molecule has 0 fully saturated rings. The fourth-order valence-electron chi connectivity index (χ4n) is 1.69. The van der Waals surface area contributed by atoms with Crippen LogP contribution < -0.4 is 5.32 Å². The minimum absolute atomic E-state index is 0.926. The van der Waals surface area contributed by atoms with Gasteiger partial charge in [-0.2, -0.15) is 5.10 Å².